The summed E-state index contributed by atoms with van der Waals surface area (Å²) < 4.78 is 0. The first-order valence-electron chi connectivity index (χ1n) is 9.97. The Labute approximate surface area is 165 Å². The van der Waals surface area contributed by atoms with Crippen LogP contribution in [0, 0.1) is 5.41 Å². The molecule has 28 heavy (non-hydrogen) atoms. The Morgan fingerprint density at radius 1 is 1.07 bits per heavy atom. The van der Waals surface area contributed by atoms with Crippen LogP contribution in [-0.2, 0) is 16.1 Å². The zero-order valence-corrected chi connectivity index (χ0v) is 16.4. The van der Waals surface area contributed by atoms with Crippen LogP contribution in [0.2, 0.25) is 0 Å². The van der Waals surface area contributed by atoms with Crippen molar-refractivity contribution in [3.05, 3.63) is 35.9 Å². The summed E-state index contributed by atoms with van der Waals surface area (Å²) in [5, 5.41) is 15.3. The highest BCUT2D eigenvalue weighted by Gasteiger charge is 2.48. The number of carbonyl (C=O) groups is 3. The maximum atomic E-state index is 13.3. The van der Waals surface area contributed by atoms with Gasteiger partial charge in [-0.3, -0.25) is 9.59 Å². The summed E-state index contributed by atoms with van der Waals surface area (Å²) in [7, 11) is 0. The first-order valence-corrected chi connectivity index (χ1v) is 9.97. The minimum absolute atomic E-state index is 0.146. The van der Waals surface area contributed by atoms with Crippen LogP contribution in [0.1, 0.15) is 51.0 Å². The summed E-state index contributed by atoms with van der Waals surface area (Å²) >= 11 is 0. The van der Waals surface area contributed by atoms with E-state index < -0.39 is 16.9 Å². The quantitative estimate of drug-likeness (QED) is 0.723. The maximum Gasteiger partial charge on any atom is 0.315 e. The molecule has 152 valence electrons. The van der Waals surface area contributed by atoms with Crippen LogP contribution in [0.15, 0.2) is 30.3 Å². The molecular weight excluding hydrogens is 358 g/mol. The van der Waals surface area contributed by atoms with Gasteiger partial charge in [0.15, 0.2) is 0 Å². The minimum atomic E-state index is -0.933. The van der Waals surface area contributed by atoms with E-state index in [1.54, 1.807) is 11.8 Å². The molecule has 2 fully saturated rings. The topological polar surface area (TPSA) is 98.7 Å². The highest BCUT2D eigenvalue weighted by atomic mass is 16.4. The largest absolute Gasteiger partial charge is 0.481 e. The molecule has 1 saturated carbocycles. The number of piperidine rings is 1. The van der Waals surface area contributed by atoms with Gasteiger partial charge in [0.2, 0.25) is 5.91 Å². The molecule has 1 heterocycles. The summed E-state index contributed by atoms with van der Waals surface area (Å²) in [6.45, 7) is 2.81. The molecule has 1 aromatic carbocycles. The smallest absolute Gasteiger partial charge is 0.315 e. The number of hydrogen-bond donors (Lipinski definition) is 3. The number of rotatable bonds is 5. The molecule has 1 unspecified atom stereocenters. The fourth-order valence-electron chi connectivity index (χ4n) is 4.30. The third kappa shape index (κ3) is 4.29. The van der Waals surface area contributed by atoms with E-state index in [0.717, 1.165) is 18.4 Å². The van der Waals surface area contributed by atoms with Crippen molar-refractivity contribution in [3.8, 4) is 0 Å². The van der Waals surface area contributed by atoms with Gasteiger partial charge in [-0.15, -0.1) is 0 Å². The molecule has 3 N–H and O–H groups in total. The van der Waals surface area contributed by atoms with Crippen molar-refractivity contribution in [1.29, 1.82) is 0 Å². The molecule has 1 saturated heterocycles. The van der Waals surface area contributed by atoms with E-state index >= 15 is 0 Å². The summed E-state index contributed by atoms with van der Waals surface area (Å²) in [5.41, 5.74) is -0.876. The lowest BCUT2D eigenvalue weighted by Gasteiger charge is -2.42. The van der Waals surface area contributed by atoms with Gasteiger partial charge in [-0.25, -0.2) is 4.79 Å². The molecule has 0 aromatic heterocycles. The second kappa shape index (κ2) is 8.20. The maximum absolute atomic E-state index is 13.3. The molecule has 1 aliphatic heterocycles. The van der Waals surface area contributed by atoms with Gasteiger partial charge >= 0.3 is 12.0 Å². The van der Waals surface area contributed by atoms with E-state index in [1.165, 1.54) is 0 Å². The summed E-state index contributed by atoms with van der Waals surface area (Å²) in [4.78, 5) is 39.1. The number of benzene rings is 1. The van der Waals surface area contributed by atoms with Gasteiger partial charge in [-0.2, -0.15) is 0 Å². The average molecular weight is 387 g/mol. The van der Waals surface area contributed by atoms with Crippen LogP contribution in [0.3, 0.4) is 0 Å². The third-order valence-corrected chi connectivity index (χ3v) is 6.02. The van der Waals surface area contributed by atoms with E-state index in [-0.39, 0.29) is 18.5 Å². The normalized spacial score (nSPS) is 23.8. The zero-order valence-electron chi connectivity index (χ0n) is 16.4. The van der Waals surface area contributed by atoms with E-state index in [2.05, 4.69) is 10.6 Å². The van der Waals surface area contributed by atoms with Crippen molar-refractivity contribution in [1.82, 2.24) is 15.5 Å². The number of nitrogens with one attached hydrogen (secondary N) is 2. The highest BCUT2D eigenvalue weighted by Crippen LogP contribution is 2.35. The summed E-state index contributed by atoms with van der Waals surface area (Å²) in [6.07, 6.45) is 4.13. The lowest BCUT2D eigenvalue weighted by atomic mass is 9.81. The molecule has 0 radical (unpaired) electrons. The van der Waals surface area contributed by atoms with Gasteiger partial charge in [-0.1, -0.05) is 43.2 Å². The predicted molar refractivity (Wildman–Crippen MR) is 105 cm³/mol. The number of amides is 3. The van der Waals surface area contributed by atoms with Crippen LogP contribution in [0.25, 0.3) is 0 Å². The number of carbonyl (C=O) groups excluding carboxylic acids is 2. The molecule has 7 nitrogen and oxygen atoms in total. The van der Waals surface area contributed by atoms with Gasteiger partial charge in [0.05, 0.1) is 5.41 Å². The van der Waals surface area contributed by atoms with Gasteiger partial charge in [0.25, 0.3) is 0 Å². The monoisotopic (exact) mass is 387 g/mol. The number of carboxylic acid groups (broad SMARTS) is 1. The van der Waals surface area contributed by atoms with Gasteiger partial charge in [-0.05, 0) is 38.2 Å². The molecule has 7 heteroatoms. The third-order valence-electron chi connectivity index (χ3n) is 6.02. The predicted octanol–water partition coefficient (Wildman–Crippen LogP) is 2.51. The van der Waals surface area contributed by atoms with Crippen molar-refractivity contribution in [2.45, 2.75) is 57.5 Å². The number of urea groups is 1. The number of aliphatic carboxylic acids is 1. The molecule has 0 spiro atoms. The lowest BCUT2D eigenvalue weighted by Crippen LogP contribution is -2.62. The Bertz CT molecular complexity index is 730. The van der Waals surface area contributed by atoms with Crippen molar-refractivity contribution >= 4 is 17.9 Å². The van der Waals surface area contributed by atoms with Crippen LogP contribution in [0.5, 0.6) is 0 Å². The SMILES string of the molecule is CC1(C(=O)O)CCCN(C(=O)C2(NC(=O)NCc3ccccc3)CCCC2)C1. The summed E-state index contributed by atoms with van der Waals surface area (Å²) in [6, 6.07) is 9.23. The molecule has 2 aliphatic rings. The van der Waals surface area contributed by atoms with Crippen LogP contribution in [0.4, 0.5) is 4.79 Å². The Balaban J connectivity index is 1.66. The lowest BCUT2D eigenvalue weighted by molar-refractivity contribution is -0.155. The van der Waals surface area contributed by atoms with Crippen molar-refractivity contribution in [2.75, 3.05) is 13.1 Å². The Hall–Kier alpha value is -2.57. The number of hydrogen-bond acceptors (Lipinski definition) is 3. The van der Waals surface area contributed by atoms with Crippen LogP contribution in [-0.4, -0.2) is 46.5 Å². The average Bonchev–Trinajstić information content (AvgIpc) is 3.16. The van der Waals surface area contributed by atoms with Gasteiger partial charge in [0.1, 0.15) is 5.54 Å². The molecular formula is C21H29N3O4. The van der Waals surface area contributed by atoms with Crippen LogP contribution >= 0.6 is 0 Å². The molecule has 3 rings (SSSR count). The molecule has 0 bridgehead atoms. The molecule has 1 aromatic rings. The summed E-state index contributed by atoms with van der Waals surface area (Å²) in [5.74, 6) is -1.02. The highest BCUT2D eigenvalue weighted by molar-refractivity contribution is 5.92. The first kappa shape index (κ1) is 20.2. The Morgan fingerprint density at radius 3 is 2.39 bits per heavy atom. The Morgan fingerprint density at radius 2 is 1.75 bits per heavy atom. The molecule has 3 amide bonds. The first-order chi connectivity index (χ1) is 13.3. The van der Waals surface area contributed by atoms with E-state index in [1.807, 2.05) is 30.3 Å². The molecule has 1 aliphatic carbocycles. The standard InChI is InChI=1S/C21H29N3O4/c1-20(18(26)27)10-7-13-24(15-20)17(25)21(11-5-6-12-21)23-19(28)22-14-16-8-3-2-4-9-16/h2-4,8-9H,5-7,10-15H2,1H3,(H,26,27)(H2,22,23,28). The number of nitrogens with zero attached hydrogens (tertiary/aromatic N) is 1. The van der Waals surface area contributed by atoms with Crippen molar-refractivity contribution in [2.24, 2.45) is 5.41 Å². The van der Waals surface area contributed by atoms with E-state index in [0.29, 0.717) is 38.8 Å². The fraction of sp³-hybridized carbons (Fsp3) is 0.571. The minimum Gasteiger partial charge on any atom is -0.481 e. The van der Waals surface area contributed by atoms with Crippen molar-refractivity contribution in [3.63, 3.8) is 0 Å². The second-order valence-corrected chi connectivity index (χ2v) is 8.28. The van der Waals surface area contributed by atoms with Gasteiger partial charge in [0, 0.05) is 19.6 Å². The molecule has 1 atom stereocenters. The van der Waals surface area contributed by atoms with E-state index in [9.17, 15) is 19.5 Å². The second-order valence-electron chi connectivity index (χ2n) is 8.28. The fourth-order valence-corrected chi connectivity index (χ4v) is 4.30. The van der Waals surface area contributed by atoms with Gasteiger partial charge < -0.3 is 20.6 Å². The number of carboxylic acids is 1. The Kier molecular flexibility index (Phi) is 5.91. The van der Waals surface area contributed by atoms with E-state index in [4.69, 9.17) is 0 Å². The number of likely N-dealkylation sites (tertiary alicyclic amines) is 1. The van der Waals surface area contributed by atoms with Crippen LogP contribution < -0.4 is 10.6 Å². The van der Waals surface area contributed by atoms with Crippen molar-refractivity contribution < 1.29 is 19.5 Å². The zero-order chi connectivity index (χ0) is 20.2.